The van der Waals surface area contributed by atoms with Crippen molar-refractivity contribution in [3.63, 3.8) is 0 Å². The fourth-order valence-electron chi connectivity index (χ4n) is 1.91. The van der Waals surface area contributed by atoms with Gasteiger partial charge in [-0.15, -0.1) is 11.3 Å². The summed E-state index contributed by atoms with van der Waals surface area (Å²) in [6.45, 7) is 4.19. The van der Waals surface area contributed by atoms with Crippen LogP contribution in [0.2, 0.25) is 0 Å². The second-order valence-electron chi connectivity index (χ2n) is 4.07. The van der Waals surface area contributed by atoms with Gasteiger partial charge in [-0.25, -0.2) is 0 Å². The highest BCUT2D eigenvalue weighted by atomic mass is 32.1. The van der Waals surface area contributed by atoms with E-state index < -0.39 is 0 Å². The van der Waals surface area contributed by atoms with Crippen LogP contribution in [-0.4, -0.2) is 31.6 Å². The van der Waals surface area contributed by atoms with Crippen LogP contribution in [-0.2, 0) is 4.74 Å². The van der Waals surface area contributed by atoms with Gasteiger partial charge in [0.05, 0.1) is 6.10 Å². The Kier molecular flexibility index (Phi) is 4.09. The Bertz CT molecular complexity index is 356. The van der Waals surface area contributed by atoms with Crippen LogP contribution < -0.4 is 5.32 Å². The van der Waals surface area contributed by atoms with Gasteiger partial charge in [0, 0.05) is 10.4 Å². The summed E-state index contributed by atoms with van der Waals surface area (Å²) in [6, 6.07) is 1.88. The van der Waals surface area contributed by atoms with Crippen molar-refractivity contribution in [1.82, 2.24) is 5.32 Å². The Hall–Kier alpha value is -0.710. The lowest BCUT2D eigenvalue weighted by Gasteiger charge is -2.22. The van der Waals surface area contributed by atoms with E-state index in [0.29, 0.717) is 0 Å². The molecule has 0 atom stereocenters. The monoisotopic (exact) mass is 239 g/mol. The molecule has 0 aromatic carbocycles. The molecular formula is C12H17NO2S. The lowest BCUT2D eigenvalue weighted by molar-refractivity contribution is 0.0317. The fourth-order valence-corrected chi connectivity index (χ4v) is 2.62. The van der Waals surface area contributed by atoms with Gasteiger partial charge in [-0.2, -0.15) is 0 Å². The molecule has 0 saturated carbocycles. The summed E-state index contributed by atoms with van der Waals surface area (Å²) in [7, 11) is 0. The number of thiophene rings is 1. The molecule has 0 spiro atoms. The molecule has 1 aromatic heterocycles. The first kappa shape index (κ1) is 11.8. The van der Waals surface area contributed by atoms with Crippen molar-refractivity contribution in [1.29, 1.82) is 0 Å². The Labute approximate surface area is 99.8 Å². The predicted octanol–water partition coefficient (Wildman–Crippen LogP) is 2.01. The van der Waals surface area contributed by atoms with E-state index >= 15 is 0 Å². The minimum atomic E-state index is 0.109. The number of Topliss-reactive ketones (excluding diaryl/α,β-unsaturated/α-hetero) is 1. The van der Waals surface area contributed by atoms with Gasteiger partial charge < -0.3 is 10.1 Å². The number of aryl methyl sites for hydroxylation is 1. The quantitative estimate of drug-likeness (QED) is 0.817. The second-order valence-corrected chi connectivity index (χ2v) is 5.19. The van der Waals surface area contributed by atoms with Crippen molar-refractivity contribution < 1.29 is 9.53 Å². The van der Waals surface area contributed by atoms with Crippen molar-refractivity contribution in [3.8, 4) is 0 Å². The van der Waals surface area contributed by atoms with Crippen molar-refractivity contribution in [2.45, 2.75) is 25.9 Å². The van der Waals surface area contributed by atoms with Crippen molar-refractivity contribution >= 4 is 17.1 Å². The van der Waals surface area contributed by atoms with Crippen LogP contribution in [0.4, 0.5) is 0 Å². The third-order valence-corrected chi connectivity index (χ3v) is 3.74. The zero-order valence-electron chi connectivity index (χ0n) is 9.49. The molecule has 0 radical (unpaired) electrons. The standard InChI is InChI=1S/C12H17NO2S/c1-9-11(4-7-16-9)12(14)8-15-10-2-5-13-6-3-10/h4,7,10,13H,2-3,5-6,8H2,1H3. The molecule has 0 bridgehead atoms. The summed E-state index contributed by atoms with van der Waals surface area (Å²) in [5.41, 5.74) is 0.818. The van der Waals surface area contributed by atoms with Crippen LogP contribution in [0.15, 0.2) is 11.4 Å². The number of ketones is 1. The first-order chi connectivity index (χ1) is 7.77. The minimum Gasteiger partial charge on any atom is -0.370 e. The molecule has 2 heterocycles. The molecule has 1 aromatic rings. The maximum absolute atomic E-state index is 11.8. The van der Waals surface area contributed by atoms with Crippen LogP contribution >= 0.6 is 11.3 Å². The number of carbonyl (C=O) groups is 1. The summed E-state index contributed by atoms with van der Waals surface area (Å²) < 4.78 is 5.64. The molecule has 1 aliphatic heterocycles. The molecule has 1 fully saturated rings. The van der Waals surface area contributed by atoms with Crippen molar-refractivity contribution in [2.24, 2.45) is 0 Å². The molecule has 0 aliphatic carbocycles. The van der Waals surface area contributed by atoms with Crippen molar-refractivity contribution in [3.05, 3.63) is 21.9 Å². The van der Waals surface area contributed by atoms with E-state index in [-0.39, 0.29) is 18.5 Å². The van der Waals surface area contributed by atoms with Gasteiger partial charge in [0.25, 0.3) is 0 Å². The van der Waals surface area contributed by atoms with E-state index in [0.717, 1.165) is 36.4 Å². The highest BCUT2D eigenvalue weighted by molar-refractivity contribution is 7.10. The molecule has 16 heavy (non-hydrogen) atoms. The Morgan fingerprint density at radius 1 is 1.56 bits per heavy atom. The topological polar surface area (TPSA) is 38.3 Å². The van der Waals surface area contributed by atoms with Gasteiger partial charge in [0.2, 0.25) is 0 Å². The molecule has 2 rings (SSSR count). The summed E-state index contributed by atoms with van der Waals surface area (Å²) in [4.78, 5) is 12.9. The number of ether oxygens (including phenoxy) is 1. The largest absolute Gasteiger partial charge is 0.370 e. The smallest absolute Gasteiger partial charge is 0.189 e. The van der Waals surface area contributed by atoms with E-state index in [1.54, 1.807) is 11.3 Å². The number of rotatable bonds is 4. The van der Waals surface area contributed by atoms with E-state index in [1.165, 1.54) is 0 Å². The highest BCUT2D eigenvalue weighted by Gasteiger charge is 2.16. The number of carbonyl (C=O) groups excluding carboxylic acids is 1. The molecule has 1 aliphatic rings. The molecule has 88 valence electrons. The van der Waals surface area contributed by atoms with Gasteiger partial charge in [0.1, 0.15) is 6.61 Å². The zero-order valence-corrected chi connectivity index (χ0v) is 10.3. The van der Waals surface area contributed by atoms with E-state index in [2.05, 4.69) is 5.32 Å². The average Bonchev–Trinajstić information content (AvgIpc) is 2.74. The van der Waals surface area contributed by atoms with Gasteiger partial charge in [-0.1, -0.05) is 0 Å². The van der Waals surface area contributed by atoms with Crippen LogP contribution in [0.5, 0.6) is 0 Å². The third kappa shape index (κ3) is 2.90. The summed E-state index contributed by atoms with van der Waals surface area (Å²) in [6.07, 6.45) is 2.27. The van der Waals surface area contributed by atoms with Gasteiger partial charge in [0.15, 0.2) is 5.78 Å². The Morgan fingerprint density at radius 3 is 2.94 bits per heavy atom. The average molecular weight is 239 g/mol. The molecule has 1 N–H and O–H groups in total. The van der Waals surface area contributed by atoms with E-state index in [4.69, 9.17) is 4.74 Å². The van der Waals surface area contributed by atoms with E-state index in [9.17, 15) is 4.79 Å². The maximum Gasteiger partial charge on any atom is 0.189 e. The number of piperidine rings is 1. The van der Waals surface area contributed by atoms with Crippen LogP contribution in [0.25, 0.3) is 0 Å². The lowest BCUT2D eigenvalue weighted by Crippen LogP contribution is -2.33. The first-order valence-corrected chi connectivity index (χ1v) is 6.55. The van der Waals surface area contributed by atoms with Crippen LogP contribution in [0.3, 0.4) is 0 Å². The van der Waals surface area contributed by atoms with E-state index in [1.807, 2.05) is 18.4 Å². The predicted molar refractivity (Wildman–Crippen MR) is 65.2 cm³/mol. The first-order valence-electron chi connectivity index (χ1n) is 5.67. The normalized spacial score (nSPS) is 17.6. The minimum absolute atomic E-state index is 0.109. The highest BCUT2D eigenvalue weighted by Crippen LogP contribution is 2.16. The molecule has 0 amide bonds. The Balaban J connectivity index is 1.81. The zero-order chi connectivity index (χ0) is 11.4. The van der Waals surface area contributed by atoms with Crippen LogP contribution in [0.1, 0.15) is 28.1 Å². The fraction of sp³-hybridized carbons (Fsp3) is 0.583. The SMILES string of the molecule is Cc1sccc1C(=O)COC1CCNCC1. The van der Waals surface area contributed by atoms with Crippen molar-refractivity contribution in [2.75, 3.05) is 19.7 Å². The Morgan fingerprint density at radius 2 is 2.31 bits per heavy atom. The van der Waals surface area contributed by atoms with Gasteiger partial charge >= 0.3 is 0 Å². The third-order valence-electron chi connectivity index (χ3n) is 2.90. The molecule has 0 unspecified atom stereocenters. The number of hydrogen-bond donors (Lipinski definition) is 1. The summed E-state index contributed by atoms with van der Waals surface area (Å²) in [5.74, 6) is 0.109. The lowest BCUT2D eigenvalue weighted by atomic mass is 10.1. The van der Waals surface area contributed by atoms with Crippen LogP contribution in [0, 0.1) is 6.92 Å². The van der Waals surface area contributed by atoms with Gasteiger partial charge in [-0.05, 0) is 44.3 Å². The number of nitrogens with one attached hydrogen (secondary N) is 1. The summed E-state index contributed by atoms with van der Waals surface area (Å²) in [5, 5.41) is 5.23. The molecule has 3 nitrogen and oxygen atoms in total. The molecule has 1 saturated heterocycles. The number of hydrogen-bond acceptors (Lipinski definition) is 4. The molecule has 4 heteroatoms. The van der Waals surface area contributed by atoms with Gasteiger partial charge in [-0.3, -0.25) is 4.79 Å². The summed E-state index contributed by atoms with van der Waals surface area (Å²) >= 11 is 1.61. The second kappa shape index (κ2) is 5.57. The maximum atomic E-state index is 11.8. The molecular weight excluding hydrogens is 222 g/mol.